The molecule has 2 amide bonds. The molecule has 5 heterocycles. The Hall–Kier alpha value is -6.02. The fourth-order valence-corrected chi connectivity index (χ4v) is 11.2. The topological polar surface area (TPSA) is 139 Å². The van der Waals surface area contributed by atoms with Crippen LogP contribution in [0.4, 0.5) is 31.7 Å². The number of carbonyl (C=O) groups excluding carboxylic acids is 2. The Balaban J connectivity index is 0.000000137. The van der Waals surface area contributed by atoms with E-state index in [0.717, 1.165) is 103 Å². The summed E-state index contributed by atoms with van der Waals surface area (Å²) >= 11 is 3.21. The third-order valence-electron chi connectivity index (χ3n) is 14.7. The summed E-state index contributed by atoms with van der Waals surface area (Å²) in [6.45, 7) is 4.62. The molecular weight excluding hydrogens is 913 g/mol. The van der Waals surface area contributed by atoms with Crippen molar-refractivity contribution in [3.8, 4) is 0 Å². The Morgan fingerprint density at radius 2 is 1.09 bits per heavy atom. The molecule has 0 atom stereocenters. The molecule has 2 N–H and O–H groups in total. The van der Waals surface area contributed by atoms with Gasteiger partial charge >= 0.3 is 0 Å². The van der Waals surface area contributed by atoms with Crippen molar-refractivity contribution in [2.45, 2.75) is 115 Å². The van der Waals surface area contributed by atoms with Crippen LogP contribution >= 0.6 is 15.9 Å². The van der Waals surface area contributed by atoms with Crippen molar-refractivity contribution < 1.29 is 18.4 Å². The van der Waals surface area contributed by atoms with E-state index in [0.29, 0.717) is 22.2 Å². The monoisotopic (exact) mass is 965 g/mol. The third-order valence-corrected chi connectivity index (χ3v) is 15.1. The molecule has 4 aromatic heterocycles. The van der Waals surface area contributed by atoms with E-state index in [4.69, 9.17) is 9.97 Å². The van der Waals surface area contributed by atoms with E-state index < -0.39 is 10.8 Å². The van der Waals surface area contributed by atoms with Crippen LogP contribution in [0.3, 0.4) is 0 Å². The molecule has 2 spiro atoms. The molecule has 0 bridgehead atoms. The molecule has 12 rings (SSSR count). The molecule has 6 aromatic rings. The summed E-state index contributed by atoms with van der Waals surface area (Å²) in [5.74, 6) is 1.76. The van der Waals surface area contributed by atoms with Gasteiger partial charge in [0.2, 0.25) is 11.8 Å². The number of fused-ring (bicyclic) bond motifs is 2. The van der Waals surface area contributed by atoms with Crippen molar-refractivity contribution in [3.05, 3.63) is 154 Å². The second-order valence-electron chi connectivity index (χ2n) is 19.6. The molecule has 6 aliphatic rings. The van der Waals surface area contributed by atoms with Gasteiger partial charge in [0, 0.05) is 36.0 Å². The fraction of sp³-hybridized carbons (Fsp3) is 0.396. The zero-order valence-corrected chi connectivity index (χ0v) is 39.5. The Labute approximate surface area is 398 Å². The standard InChI is InChI=1S/C26H26FN5O.C22H23FN2O.C5H5BrN2/c1-17-28-13-10-23(29-17)32-14-2-3-20-21(32)8-9-22(31-20)26(15-25(16-26)11-12-25)24(33)30-19-6-4-18(27)5-7-19;23-16-6-8-17(9-7-16)24-20(26)22(13-21(14-22)11-12-21)19-10-5-15-3-1-2-4-18(15)25-19;1-4-7-3-2-5(6)8-4/h4-10,13H,2-3,11-12,14-16H2,1H3,(H,30,33);5-10H,1-4,11-14H2,(H,24,26);2-3H,1H3. The Morgan fingerprint density at radius 3 is 1.61 bits per heavy atom. The number of amides is 2. The molecule has 5 aliphatic carbocycles. The highest BCUT2D eigenvalue weighted by Crippen LogP contribution is 2.70. The number of hydrogen-bond acceptors (Lipinski definition) is 9. The summed E-state index contributed by atoms with van der Waals surface area (Å²) < 4.78 is 27.3. The van der Waals surface area contributed by atoms with E-state index in [1.54, 1.807) is 42.7 Å². The maximum Gasteiger partial charge on any atom is 0.236 e. The lowest BCUT2D eigenvalue weighted by atomic mass is 9.57. The molecule has 344 valence electrons. The highest BCUT2D eigenvalue weighted by molar-refractivity contribution is 9.10. The Morgan fingerprint density at radius 1 is 0.582 bits per heavy atom. The summed E-state index contributed by atoms with van der Waals surface area (Å²) in [6, 6.07) is 24.0. The van der Waals surface area contributed by atoms with Crippen molar-refractivity contribution in [1.82, 2.24) is 29.9 Å². The van der Waals surface area contributed by atoms with Crippen LogP contribution in [0.5, 0.6) is 0 Å². The molecule has 4 saturated carbocycles. The number of halogens is 3. The maximum atomic E-state index is 13.5. The minimum Gasteiger partial charge on any atom is -0.325 e. The maximum absolute atomic E-state index is 13.5. The fourth-order valence-electron chi connectivity index (χ4n) is 10.8. The minimum atomic E-state index is -0.631. The summed E-state index contributed by atoms with van der Waals surface area (Å²) in [4.78, 5) is 55.7. The molecule has 67 heavy (non-hydrogen) atoms. The van der Waals surface area contributed by atoms with E-state index in [-0.39, 0.29) is 23.4 Å². The normalized spacial score (nSPS) is 20.5. The van der Waals surface area contributed by atoms with Gasteiger partial charge in [-0.05, 0) is 215 Å². The second kappa shape index (κ2) is 17.9. The first kappa shape index (κ1) is 44.8. The largest absolute Gasteiger partial charge is 0.325 e. The number of aromatic nitrogens is 6. The van der Waals surface area contributed by atoms with Gasteiger partial charge in [-0.1, -0.05) is 6.07 Å². The van der Waals surface area contributed by atoms with Crippen LogP contribution in [0.2, 0.25) is 0 Å². The van der Waals surface area contributed by atoms with Gasteiger partial charge in [0.1, 0.15) is 33.7 Å². The number of carbonyl (C=O) groups is 2. The summed E-state index contributed by atoms with van der Waals surface area (Å²) in [7, 11) is 0. The van der Waals surface area contributed by atoms with E-state index in [9.17, 15) is 18.4 Å². The van der Waals surface area contributed by atoms with Gasteiger partial charge in [0.05, 0.1) is 33.6 Å². The lowest BCUT2D eigenvalue weighted by Gasteiger charge is -2.47. The zero-order valence-electron chi connectivity index (χ0n) is 37.9. The first-order chi connectivity index (χ1) is 32.3. The second-order valence-corrected chi connectivity index (χ2v) is 20.4. The van der Waals surface area contributed by atoms with Crippen LogP contribution < -0.4 is 15.5 Å². The van der Waals surface area contributed by atoms with Crippen LogP contribution in [0.25, 0.3) is 0 Å². The molecule has 0 unspecified atom stereocenters. The van der Waals surface area contributed by atoms with Crippen molar-refractivity contribution in [3.63, 3.8) is 0 Å². The van der Waals surface area contributed by atoms with E-state index in [1.807, 2.05) is 26.0 Å². The van der Waals surface area contributed by atoms with Gasteiger partial charge in [-0.3, -0.25) is 19.6 Å². The highest BCUT2D eigenvalue weighted by Gasteiger charge is 2.66. The van der Waals surface area contributed by atoms with Crippen LogP contribution in [0.1, 0.15) is 111 Å². The Kier molecular flexibility index (Phi) is 12.0. The van der Waals surface area contributed by atoms with Crippen molar-refractivity contribution >= 4 is 50.6 Å². The van der Waals surface area contributed by atoms with Crippen molar-refractivity contribution in [2.75, 3.05) is 22.1 Å². The van der Waals surface area contributed by atoms with Gasteiger partial charge in [0.25, 0.3) is 0 Å². The average Bonchev–Trinajstić information content (AvgIpc) is 4.25. The number of anilines is 4. The third kappa shape index (κ3) is 9.33. The van der Waals surface area contributed by atoms with Gasteiger partial charge in [0.15, 0.2) is 0 Å². The van der Waals surface area contributed by atoms with Crippen LogP contribution in [-0.4, -0.2) is 48.3 Å². The molecule has 0 radical (unpaired) electrons. The predicted molar refractivity (Wildman–Crippen MR) is 257 cm³/mol. The molecule has 0 saturated heterocycles. The van der Waals surface area contributed by atoms with Crippen LogP contribution in [0.15, 0.2) is 102 Å². The number of nitrogens with one attached hydrogen (secondary N) is 2. The van der Waals surface area contributed by atoms with Gasteiger partial charge in [-0.15, -0.1) is 0 Å². The number of rotatable bonds is 7. The van der Waals surface area contributed by atoms with E-state index in [2.05, 4.69) is 69.6 Å². The van der Waals surface area contributed by atoms with Crippen molar-refractivity contribution in [1.29, 1.82) is 0 Å². The molecule has 11 nitrogen and oxygen atoms in total. The average molecular weight is 967 g/mol. The lowest BCUT2D eigenvalue weighted by Crippen LogP contribution is -2.52. The minimum absolute atomic E-state index is 0.00453. The number of aryl methyl sites for hydroxylation is 5. The number of benzene rings is 2. The first-order valence-corrected chi connectivity index (χ1v) is 24.3. The molecule has 1 aliphatic heterocycles. The molecule has 4 fully saturated rings. The van der Waals surface area contributed by atoms with Gasteiger partial charge < -0.3 is 15.5 Å². The molecule has 14 heteroatoms. The van der Waals surface area contributed by atoms with Crippen LogP contribution in [0, 0.1) is 36.3 Å². The molecule has 2 aromatic carbocycles. The van der Waals surface area contributed by atoms with Gasteiger partial charge in [-0.2, -0.15) is 0 Å². The number of hydrogen-bond donors (Lipinski definition) is 2. The molecular formula is C53H54BrF2N9O2. The van der Waals surface area contributed by atoms with E-state index in [1.165, 1.54) is 74.0 Å². The number of pyridine rings is 2. The lowest BCUT2D eigenvalue weighted by molar-refractivity contribution is -0.128. The van der Waals surface area contributed by atoms with E-state index >= 15 is 0 Å². The number of nitrogens with zero attached hydrogens (tertiary/aromatic N) is 7. The smallest absolute Gasteiger partial charge is 0.236 e. The van der Waals surface area contributed by atoms with Crippen LogP contribution in [-0.2, 0) is 39.7 Å². The summed E-state index contributed by atoms with van der Waals surface area (Å²) in [5.41, 5.74) is 7.14. The highest BCUT2D eigenvalue weighted by atomic mass is 79.9. The first-order valence-electron chi connectivity index (χ1n) is 23.5. The Bertz CT molecular complexity index is 2800. The summed E-state index contributed by atoms with van der Waals surface area (Å²) in [6.07, 6.45) is 18.1. The summed E-state index contributed by atoms with van der Waals surface area (Å²) in [5, 5.41) is 6.03. The zero-order chi connectivity index (χ0) is 46.4. The predicted octanol–water partition coefficient (Wildman–Crippen LogP) is 11.0. The SMILES string of the molecule is Cc1nccc(Br)n1.Cc1nccc(N2CCCc3nc(C4(C(=O)Nc5ccc(F)cc5)CC5(CC5)C4)ccc32)n1.O=C(Nc1ccc(F)cc1)C1(c2ccc3c(n2)CCCC3)CC2(CC2)C1. The quantitative estimate of drug-likeness (QED) is 0.150. The van der Waals surface area contributed by atoms with Crippen molar-refractivity contribution in [2.24, 2.45) is 10.8 Å². The van der Waals surface area contributed by atoms with Gasteiger partial charge in [-0.25, -0.2) is 28.7 Å².